The fourth-order valence-electron chi connectivity index (χ4n) is 3.45. The highest BCUT2D eigenvalue weighted by molar-refractivity contribution is 5.88. The van der Waals surface area contributed by atoms with Crippen LogP contribution < -0.4 is 4.74 Å². The van der Waals surface area contributed by atoms with Crippen LogP contribution >= 0.6 is 0 Å². The van der Waals surface area contributed by atoms with Crippen LogP contribution in [-0.2, 0) is 0 Å². The molecular formula is C25H23N3O5. The highest BCUT2D eigenvalue weighted by atomic mass is 16.6. The van der Waals surface area contributed by atoms with Crippen molar-refractivity contribution >= 4 is 28.7 Å². The van der Waals surface area contributed by atoms with E-state index in [1.807, 2.05) is 18.2 Å². The summed E-state index contributed by atoms with van der Waals surface area (Å²) < 4.78 is 11.0. The number of non-ortho nitro benzene ring substituents is 1. The smallest absolute Gasteiger partial charge is 0.274 e. The lowest BCUT2D eigenvalue weighted by Gasteiger charge is -2.07. The molecule has 0 spiro atoms. The SMILES string of the molecule is CC[C@@H](C)c1ccc2oc(-c3cccc(N=Cc4cc([N+](=O)[O-])cc(OC)c4O)c3)nc2c1. The largest absolute Gasteiger partial charge is 0.504 e. The fraction of sp³-hybridized carbons (Fsp3) is 0.200. The Morgan fingerprint density at radius 1 is 1.24 bits per heavy atom. The van der Waals surface area contributed by atoms with Crippen molar-refractivity contribution in [2.75, 3.05) is 7.11 Å². The van der Waals surface area contributed by atoms with Crippen molar-refractivity contribution in [3.05, 3.63) is 75.8 Å². The summed E-state index contributed by atoms with van der Waals surface area (Å²) >= 11 is 0. The van der Waals surface area contributed by atoms with Crippen LogP contribution in [0.15, 0.2) is 64.0 Å². The van der Waals surface area contributed by atoms with Crippen molar-refractivity contribution < 1.29 is 19.2 Å². The minimum absolute atomic E-state index is 0.00244. The van der Waals surface area contributed by atoms with Crippen molar-refractivity contribution in [3.8, 4) is 23.0 Å². The van der Waals surface area contributed by atoms with Crippen molar-refractivity contribution in [2.24, 2.45) is 4.99 Å². The number of nitro groups is 1. The second kappa shape index (κ2) is 9.12. The zero-order valence-corrected chi connectivity index (χ0v) is 18.5. The molecular weight excluding hydrogens is 422 g/mol. The van der Waals surface area contributed by atoms with Gasteiger partial charge in [-0.3, -0.25) is 15.1 Å². The summed E-state index contributed by atoms with van der Waals surface area (Å²) in [7, 11) is 1.33. The Labute approximate surface area is 190 Å². The van der Waals surface area contributed by atoms with Gasteiger partial charge in [0.05, 0.1) is 23.8 Å². The van der Waals surface area contributed by atoms with E-state index < -0.39 is 4.92 Å². The van der Waals surface area contributed by atoms with Crippen molar-refractivity contribution in [1.29, 1.82) is 0 Å². The number of rotatable bonds is 7. The number of hydrogen-bond acceptors (Lipinski definition) is 7. The molecule has 1 heterocycles. The lowest BCUT2D eigenvalue weighted by atomic mass is 9.98. The van der Waals surface area contributed by atoms with Gasteiger partial charge in [-0.05, 0) is 48.2 Å². The maximum Gasteiger partial charge on any atom is 0.274 e. The van der Waals surface area contributed by atoms with Gasteiger partial charge >= 0.3 is 0 Å². The number of aromatic hydroxyl groups is 1. The number of methoxy groups -OCH3 is 1. The van der Waals surface area contributed by atoms with E-state index in [0.717, 1.165) is 23.6 Å². The molecule has 0 radical (unpaired) electrons. The van der Waals surface area contributed by atoms with Gasteiger partial charge in [0.1, 0.15) is 5.52 Å². The molecule has 0 aliphatic rings. The number of fused-ring (bicyclic) bond motifs is 1. The summed E-state index contributed by atoms with van der Waals surface area (Å²) in [5, 5.41) is 21.5. The Morgan fingerprint density at radius 2 is 2.06 bits per heavy atom. The summed E-state index contributed by atoms with van der Waals surface area (Å²) in [5.74, 6) is 0.695. The molecule has 4 aromatic rings. The first kappa shape index (κ1) is 22.0. The molecule has 168 valence electrons. The van der Waals surface area contributed by atoms with Gasteiger partial charge in [0, 0.05) is 23.4 Å². The zero-order valence-electron chi connectivity index (χ0n) is 18.5. The normalized spacial score (nSPS) is 12.3. The third-order valence-electron chi connectivity index (χ3n) is 5.56. The number of nitrogens with zero attached hydrogens (tertiary/aromatic N) is 3. The Kier molecular flexibility index (Phi) is 6.08. The molecule has 1 N–H and O–H groups in total. The van der Waals surface area contributed by atoms with Crippen LogP contribution in [0, 0.1) is 10.1 Å². The van der Waals surface area contributed by atoms with Crippen LogP contribution in [0.4, 0.5) is 11.4 Å². The molecule has 0 amide bonds. The van der Waals surface area contributed by atoms with Crippen LogP contribution in [0.2, 0.25) is 0 Å². The Hall–Kier alpha value is -4.20. The van der Waals surface area contributed by atoms with Gasteiger partial charge in [-0.1, -0.05) is 26.0 Å². The molecule has 33 heavy (non-hydrogen) atoms. The lowest BCUT2D eigenvalue weighted by molar-refractivity contribution is -0.385. The van der Waals surface area contributed by atoms with E-state index >= 15 is 0 Å². The van der Waals surface area contributed by atoms with Gasteiger partial charge in [-0.2, -0.15) is 0 Å². The number of ether oxygens (including phenoxy) is 1. The van der Waals surface area contributed by atoms with Gasteiger partial charge in [0.25, 0.3) is 5.69 Å². The van der Waals surface area contributed by atoms with Gasteiger partial charge in [-0.15, -0.1) is 0 Å². The third kappa shape index (κ3) is 4.55. The van der Waals surface area contributed by atoms with Gasteiger partial charge in [0.2, 0.25) is 5.89 Å². The minimum Gasteiger partial charge on any atom is -0.504 e. The van der Waals surface area contributed by atoms with E-state index in [4.69, 9.17) is 9.15 Å². The minimum atomic E-state index is -0.556. The summed E-state index contributed by atoms with van der Waals surface area (Å²) in [6.07, 6.45) is 2.40. The Balaban J connectivity index is 1.66. The summed E-state index contributed by atoms with van der Waals surface area (Å²) in [4.78, 5) is 19.6. The number of benzene rings is 3. The molecule has 0 aliphatic heterocycles. The molecule has 1 aromatic heterocycles. The van der Waals surface area contributed by atoms with E-state index in [1.54, 1.807) is 12.1 Å². The molecule has 0 unspecified atom stereocenters. The first-order chi connectivity index (χ1) is 15.9. The first-order valence-corrected chi connectivity index (χ1v) is 10.5. The number of phenols is 1. The van der Waals surface area contributed by atoms with E-state index in [9.17, 15) is 15.2 Å². The Morgan fingerprint density at radius 3 is 2.79 bits per heavy atom. The molecule has 8 nitrogen and oxygen atoms in total. The highest BCUT2D eigenvalue weighted by Gasteiger charge is 2.16. The lowest BCUT2D eigenvalue weighted by Crippen LogP contribution is -1.94. The summed E-state index contributed by atoms with van der Waals surface area (Å²) in [6.45, 7) is 4.33. The standard InChI is InChI=1S/C25H23N3O5/c1-4-15(2)16-8-9-22-21(12-16)27-25(33-22)17-6-5-7-19(10-17)26-14-18-11-20(28(30)31)13-23(32-3)24(18)29/h5-15,29H,4H2,1-3H3/t15-/m1/s1. The number of oxazole rings is 1. The maximum atomic E-state index is 11.2. The quantitative estimate of drug-likeness (QED) is 0.201. The van der Waals surface area contributed by atoms with E-state index in [2.05, 4.69) is 36.0 Å². The van der Waals surface area contributed by atoms with Crippen LogP contribution in [-0.4, -0.2) is 28.3 Å². The number of aromatic nitrogens is 1. The third-order valence-corrected chi connectivity index (χ3v) is 5.56. The van der Waals surface area contributed by atoms with Crippen LogP contribution in [0.3, 0.4) is 0 Å². The molecule has 0 fully saturated rings. The second-order valence-electron chi connectivity index (χ2n) is 7.71. The molecule has 3 aromatic carbocycles. The fourth-order valence-corrected chi connectivity index (χ4v) is 3.45. The van der Waals surface area contributed by atoms with Crippen molar-refractivity contribution in [2.45, 2.75) is 26.2 Å². The predicted molar refractivity (Wildman–Crippen MR) is 127 cm³/mol. The van der Waals surface area contributed by atoms with Crippen LogP contribution in [0.5, 0.6) is 11.5 Å². The number of nitro benzene ring substituents is 1. The van der Waals surface area contributed by atoms with E-state index in [-0.39, 0.29) is 22.7 Å². The van der Waals surface area contributed by atoms with Crippen LogP contribution in [0.25, 0.3) is 22.6 Å². The van der Waals surface area contributed by atoms with Crippen molar-refractivity contribution in [1.82, 2.24) is 4.98 Å². The maximum absolute atomic E-state index is 11.2. The molecule has 8 heteroatoms. The van der Waals surface area contributed by atoms with Crippen molar-refractivity contribution in [3.63, 3.8) is 0 Å². The molecule has 0 aliphatic carbocycles. The molecule has 1 atom stereocenters. The molecule has 4 rings (SSSR count). The molecule has 0 saturated carbocycles. The topological polar surface area (TPSA) is 111 Å². The first-order valence-electron chi connectivity index (χ1n) is 10.5. The Bertz CT molecular complexity index is 1360. The van der Waals surface area contributed by atoms with Crippen LogP contribution in [0.1, 0.15) is 37.3 Å². The van der Waals surface area contributed by atoms with E-state index in [0.29, 0.717) is 23.1 Å². The predicted octanol–water partition coefficient (Wildman–Crippen LogP) is 6.38. The number of aliphatic imine (C=N–C) groups is 1. The average Bonchev–Trinajstić information content (AvgIpc) is 3.26. The number of phenolic OH excluding ortho intramolecular Hbond substituents is 1. The van der Waals surface area contributed by atoms with Gasteiger partial charge in [-0.25, -0.2) is 4.98 Å². The average molecular weight is 445 g/mol. The molecule has 0 saturated heterocycles. The monoisotopic (exact) mass is 445 g/mol. The van der Waals surface area contributed by atoms with Gasteiger partial charge < -0.3 is 14.3 Å². The second-order valence-corrected chi connectivity index (χ2v) is 7.71. The number of hydrogen-bond donors (Lipinski definition) is 1. The molecule has 0 bridgehead atoms. The zero-order chi connectivity index (χ0) is 23.5. The summed E-state index contributed by atoms with van der Waals surface area (Å²) in [6, 6.07) is 15.7. The van der Waals surface area contributed by atoms with Gasteiger partial charge in [0.15, 0.2) is 17.1 Å². The van der Waals surface area contributed by atoms with E-state index in [1.165, 1.54) is 25.0 Å². The summed E-state index contributed by atoms with van der Waals surface area (Å²) in [5.41, 5.74) is 4.00. The highest BCUT2D eigenvalue weighted by Crippen LogP contribution is 2.34.